The molecule has 1 N–H and O–H groups in total. The highest BCUT2D eigenvalue weighted by Crippen LogP contribution is 2.24. The van der Waals surface area contributed by atoms with E-state index < -0.39 is 5.97 Å². The van der Waals surface area contributed by atoms with Gasteiger partial charge in [-0.2, -0.15) is 0 Å². The van der Waals surface area contributed by atoms with Crippen molar-refractivity contribution in [1.82, 2.24) is 0 Å². The van der Waals surface area contributed by atoms with Crippen LogP contribution < -0.4 is 0 Å². The standard InChI is InChI=1S/C15H22O3/c1-11-5-6-13(15(2,3)4)9-12(11)7-8-18-10-14(16)17/h5-6,9H,7-8,10H2,1-4H3,(H,16,17). The van der Waals surface area contributed by atoms with Gasteiger partial charge >= 0.3 is 5.97 Å². The first-order valence-corrected chi connectivity index (χ1v) is 6.20. The van der Waals surface area contributed by atoms with Crippen molar-refractivity contribution in [3.8, 4) is 0 Å². The van der Waals surface area contributed by atoms with E-state index in [0.29, 0.717) is 6.61 Å². The van der Waals surface area contributed by atoms with Gasteiger partial charge in [0.2, 0.25) is 0 Å². The van der Waals surface area contributed by atoms with E-state index in [1.807, 2.05) is 0 Å². The summed E-state index contributed by atoms with van der Waals surface area (Å²) in [6.45, 7) is 8.84. The summed E-state index contributed by atoms with van der Waals surface area (Å²) in [4.78, 5) is 10.3. The molecule has 0 saturated carbocycles. The lowest BCUT2D eigenvalue weighted by Crippen LogP contribution is -2.13. The summed E-state index contributed by atoms with van der Waals surface area (Å²) in [7, 11) is 0. The van der Waals surface area contributed by atoms with Gasteiger partial charge in [0.05, 0.1) is 6.61 Å². The molecular formula is C15H22O3. The maximum atomic E-state index is 10.3. The van der Waals surface area contributed by atoms with Crippen molar-refractivity contribution in [3.63, 3.8) is 0 Å². The van der Waals surface area contributed by atoms with E-state index >= 15 is 0 Å². The summed E-state index contributed by atoms with van der Waals surface area (Å²) in [5.74, 6) is -0.921. The molecule has 0 fully saturated rings. The molecule has 3 nitrogen and oxygen atoms in total. The molecule has 0 radical (unpaired) electrons. The molecule has 0 atom stereocenters. The fourth-order valence-corrected chi connectivity index (χ4v) is 1.75. The molecule has 0 aromatic heterocycles. The van der Waals surface area contributed by atoms with E-state index in [9.17, 15) is 4.79 Å². The van der Waals surface area contributed by atoms with Gasteiger partial charge in [-0.15, -0.1) is 0 Å². The number of carbonyl (C=O) groups is 1. The van der Waals surface area contributed by atoms with Gasteiger partial charge in [0.15, 0.2) is 0 Å². The van der Waals surface area contributed by atoms with Crippen LogP contribution in [-0.2, 0) is 21.4 Å². The SMILES string of the molecule is Cc1ccc(C(C)(C)C)cc1CCOCC(=O)O. The summed E-state index contributed by atoms with van der Waals surface area (Å²) in [6, 6.07) is 6.46. The molecule has 0 amide bonds. The fourth-order valence-electron chi connectivity index (χ4n) is 1.75. The first kappa shape index (κ1) is 14.7. The number of carboxylic acids is 1. The van der Waals surface area contributed by atoms with E-state index in [1.54, 1.807) is 0 Å². The highest BCUT2D eigenvalue weighted by atomic mass is 16.5. The van der Waals surface area contributed by atoms with Crippen LogP contribution in [0.4, 0.5) is 0 Å². The monoisotopic (exact) mass is 250 g/mol. The van der Waals surface area contributed by atoms with Crippen molar-refractivity contribution in [1.29, 1.82) is 0 Å². The molecule has 0 bridgehead atoms. The predicted molar refractivity (Wildman–Crippen MR) is 72.0 cm³/mol. The Labute approximate surface area is 109 Å². The third-order valence-electron chi connectivity index (χ3n) is 2.96. The zero-order valence-electron chi connectivity index (χ0n) is 11.6. The van der Waals surface area contributed by atoms with Crippen LogP contribution >= 0.6 is 0 Å². The van der Waals surface area contributed by atoms with Gasteiger partial charge in [-0.05, 0) is 35.4 Å². The minimum Gasteiger partial charge on any atom is -0.480 e. The van der Waals surface area contributed by atoms with Crippen LogP contribution in [0.25, 0.3) is 0 Å². The van der Waals surface area contributed by atoms with E-state index in [-0.39, 0.29) is 12.0 Å². The topological polar surface area (TPSA) is 46.5 Å². The van der Waals surface area contributed by atoms with Gasteiger partial charge in [-0.1, -0.05) is 39.0 Å². The van der Waals surface area contributed by atoms with E-state index in [1.165, 1.54) is 16.7 Å². The minimum absolute atomic E-state index is 0.129. The molecule has 3 heteroatoms. The van der Waals surface area contributed by atoms with Gasteiger partial charge in [-0.3, -0.25) is 0 Å². The lowest BCUT2D eigenvalue weighted by molar-refractivity contribution is -0.142. The van der Waals surface area contributed by atoms with Crippen LogP contribution in [0.1, 0.15) is 37.5 Å². The average Bonchev–Trinajstić information content (AvgIpc) is 2.24. The second-order valence-electron chi connectivity index (χ2n) is 5.59. The van der Waals surface area contributed by atoms with E-state index in [0.717, 1.165) is 6.42 Å². The normalized spacial score (nSPS) is 11.6. The quantitative estimate of drug-likeness (QED) is 0.817. The smallest absolute Gasteiger partial charge is 0.329 e. The second-order valence-corrected chi connectivity index (χ2v) is 5.59. The Morgan fingerprint density at radius 1 is 1.33 bits per heavy atom. The molecule has 0 spiro atoms. The zero-order chi connectivity index (χ0) is 13.8. The number of aryl methyl sites for hydroxylation is 1. The number of hydrogen-bond acceptors (Lipinski definition) is 2. The minimum atomic E-state index is -0.921. The van der Waals surface area contributed by atoms with Crippen LogP contribution in [0.5, 0.6) is 0 Å². The van der Waals surface area contributed by atoms with Gasteiger partial charge < -0.3 is 9.84 Å². The van der Waals surface area contributed by atoms with Crippen molar-refractivity contribution >= 4 is 5.97 Å². The molecule has 0 aliphatic rings. The van der Waals surface area contributed by atoms with Crippen LogP contribution in [0.15, 0.2) is 18.2 Å². The summed E-state index contributed by atoms with van der Waals surface area (Å²) < 4.78 is 5.08. The Morgan fingerprint density at radius 2 is 2.00 bits per heavy atom. The number of carboxylic acid groups (broad SMARTS) is 1. The molecular weight excluding hydrogens is 228 g/mol. The third kappa shape index (κ3) is 4.49. The van der Waals surface area contributed by atoms with Crippen molar-refractivity contribution in [2.24, 2.45) is 0 Å². The second kappa shape index (κ2) is 6.01. The lowest BCUT2D eigenvalue weighted by atomic mass is 9.85. The summed E-state index contributed by atoms with van der Waals surface area (Å²) in [5, 5.41) is 8.49. The molecule has 0 saturated heterocycles. The highest BCUT2D eigenvalue weighted by molar-refractivity contribution is 5.67. The Hall–Kier alpha value is -1.35. The van der Waals surface area contributed by atoms with Crippen LogP contribution in [0, 0.1) is 6.92 Å². The average molecular weight is 250 g/mol. The first-order valence-electron chi connectivity index (χ1n) is 6.20. The third-order valence-corrected chi connectivity index (χ3v) is 2.96. The summed E-state index contributed by atoms with van der Waals surface area (Å²) in [6.07, 6.45) is 0.753. The molecule has 1 aromatic rings. The Morgan fingerprint density at radius 3 is 2.56 bits per heavy atom. The molecule has 1 rings (SSSR count). The molecule has 18 heavy (non-hydrogen) atoms. The summed E-state index contributed by atoms with van der Waals surface area (Å²) >= 11 is 0. The predicted octanol–water partition coefficient (Wildman–Crippen LogP) is 2.94. The van der Waals surface area contributed by atoms with Crippen molar-refractivity contribution in [2.45, 2.75) is 39.5 Å². The molecule has 0 unspecified atom stereocenters. The van der Waals surface area contributed by atoms with Crippen molar-refractivity contribution in [3.05, 3.63) is 34.9 Å². The van der Waals surface area contributed by atoms with Gasteiger partial charge in [0.1, 0.15) is 6.61 Å². The number of rotatable bonds is 5. The molecule has 100 valence electrons. The van der Waals surface area contributed by atoms with Crippen LogP contribution in [-0.4, -0.2) is 24.3 Å². The largest absolute Gasteiger partial charge is 0.480 e. The maximum Gasteiger partial charge on any atom is 0.329 e. The first-order chi connectivity index (χ1) is 8.30. The van der Waals surface area contributed by atoms with Crippen molar-refractivity contribution in [2.75, 3.05) is 13.2 Å². The fraction of sp³-hybridized carbons (Fsp3) is 0.533. The lowest BCUT2D eigenvalue weighted by Gasteiger charge is -2.20. The molecule has 0 aliphatic carbocycles. The number of ether oxygens (including phenoxy) is 1. The number of aliphatic carboxylic acids is 1. The van der Waals surface area contributed by atoms with E-state index in [2.05, 4.69) is 45.9 Å². The highest BCUT2D eigenvalue weighted by Gasteiger charge is 2.14. The molecule has 1 aromatic carbocycles. The molecule has 0 aliphatic heterocycles. The van der Waals surface area contributed by atoms with Crippen LogP contribution in [0.3, 0.4) is 0 Å². The summed E-state index contributed by atoms with van der Waals surface area (Å²) in [5.41, 5.74) is 3.88. The van der Waals surface area contributed by atoms with Crippen LogP contribution in [0.2, 0.25) is 0 Å². The Bertz CT molecular complexity index is 416. The number of benzene rings is 1. The van der Waals surface area contributed by atoms with Gasteiger partial charge in [0, 0.05) is 0 Å². The Kier molecular flexibility index (Phi) is 4.91. The van der Waals surface area contributed by atoms with Crippen molar-refractivity contribution < 1.29 is 14.6 Å². The van der Waals surface area contributed by atoms with Gasteiger partial charge in [0.25, 0.3) is 0 Å². The van der Waals surface area contributed by atoms with E-state index in [4.69, 9.17) is 9.84 Å². The molecule has 0 heterocycles. The van der Waals surface area contributed by atoms with Gasteiger partial charge in [-0.25, -0.2) is 4.79 Å². The number of hydrogen-bond donors (Lipinski definition) is 1. The Balaban J connectivity index is 2.67. The maximum absolute atomic E-state index is 10.3. The zero-order valence-corrected chi connectivity index (χ0v) is 11.6.